The molecule has 2 heterocycles. The monoisotopic (exact) mass is 280 g/mol. The summed E-state index contributed by atoms with van der Waals surface area (Å²) in [5, 5.41) is 7.15. The van der Waals surface area contributed by atoms with Crippen molar-refractivity contribution in [2.45, 2.75) is 25.8 Å². The highest BCUT2D eigenvalue weighted by molar-refractivity contribution is 5.80. The van der Waals surface area contributed by atoms with Gasteiger partial charge >= 0.3 is 0 Å². The van der Waals surface area contributed by atoms with Crippen LogP contribution in [0.4, 0.5) is 0 Å². The molecule has 2 rings (SSSR count). The highest BCUT2D eigenvalue weighted by Gasteiger charge is 2.18. The van der Waals surface area contributed by atoms with Gasteiger partial charge in [-0.3, -0.25) is 14.4 Å². The molecule has 1 N–H and O–H groups in total. The van der Waals surface area contributed by atoms with E-state index in [1.165, 1.54) is 0 Å². The number of nitrogens with one attached hydrogen (secondary N) is 1. The fourth-order valence-electron chi connectivity index (χ4n) is 2.41. The van der Waals surface area contributed by atoms with Crippen LogP contribution in [0.2, 0.25) is 0 Å². The number of carbonyl (C=O) groups is 1. The van der Waals surface area contributed by atoms with Crippen molar-refractivity contribution in [2.24, 2.45) is 0 Å². The lowest BCUT2D eigenvalue weighted by Crippen LogP contribution is -2.39. The van der Waals surface area contributed by atoms with Crippen molar-refractivity contribution in [1.29, 1.82) is 0 Å². The molecule has 0 saturated carbocycles. The first-order valence-corrected chi connectivity index (χ1v) is 7.38. The summed E-state index contributed by atoms with van der Waals surface area (Å²) >= 11 is 0. The Hall–Kier alpha value is -1.40. The third-order valence-corrected chi connectivity index (χ3v) is 3.59. The zero-order chi connectivity index (χ0) is 14.2. The van der Waals surface area contributed by atoms with Crippen LogP contribution in [-0.2, 0) is 9.53 Å². The Labute approximate surface area is 120 Å². The van der Waals surface area contributed by atoms with E-state index < -0.39 is 0 Å². The third-order valence-electron chi connectivity index (χ3n) is 3.59. The highest BCUT2D eigenvalue weighted by atomic mass is 16.5. The Balaban J connectivity index is 1.66. The second-order valence-electron chi connectivity index (χ2n) is 5.01. The summed E-state index contributed by atoms with van der Waals surface area (Å²) in [5.74, 6) is 0.0539. The minimum absolute atomic E-state index is 0.0539. The maximum Gasteiger partial charge on any atom is 0.244 e. The minimum atomic E-state index is -0.201. The number of nitrogens with zero attached hydrogens (tertiary/aromatic N) is 3. The number of aromatic nitrogens is 2. The highest BCUT2D eigenvalue weighted by Crippen LogP contribution is 2.09. The molecule has 1 aromatic rings. The van der Waals surface area contributed by atoms with Crippen molar-refractivity contribution in [2.75, 3.05) is 39.4 Å². The first-order chi connectivity index (χ1) is 9.81. The zero-order valence-corrected chi connectivity index (χ0v) is 12.1. The van der Waals surface area contributed by atoms with Gasteiger partial charge in [0.2, 0.25) is 5.91 Å². The summed E-state index contributed by atoms with van der Waals surface area (Å²) in [5.41, 5.74) is 0. The van der Waals surface area contributed by atoms with Crippen molar-refractivity contribution in [1.82, 2.24) is 20.0 Å². The molecule has 0 aromatic carbocycles. The number of rotatable bonds is 7. The van der Waals surface area contributed by atoms with E-state index in [4.69, 9.17) is 4.74 Å². The van der Waals surface area contributed by atoms with Crippen LogP contribution in [0.5, 0.6) is 0 Å². The SMILES string of the molecule is CC[C@H](C(=O)NCCCN1CCOCC1)n1cccn1. The Bertz CT molecular complexity index is 388. The number of ether oxygens (including phenoxy) is 1. The summed E-state index contributed by atoms with van der Waals surface area (Å²) in [4.78, 5) is 14.5. The molecule has 0 bridgehead atoms. The standard InChI is InChI=1S/C14H24N4O2/c1-2-13(18-8-4-6-16-18)14(19)15-5-3-7-17-9-11-20-12-10-17/h4,6,8,13H,2-3,5,7,9-12H2,1H3,(H,15,19)/t13-/m1/s1. The van der Waals surface area contributed by atoms with E-state index in [1.54, 1.807) is 10.9 Å². The summed E-state index contributed by atoms with van der Waals surface area (Å²) in [6, 6.07) is 1.64. The van der Waals surface area contributed by atoms with Gasteiger partial charge in [-0.1, -0.05) is 6.92 Å². The van der Waals surface area contributed by atoms with E-state index in [-0.39, 0.29) is 11.9 Å². The number of amides is 1. The summed E-state index contributed by atoms with van der Waals surface area (Å²) in [6.07, 6.45) is 5.26. The van der Waals surface area contributed by atoms with Crippen LogP contribution in [-0.4, -0.2) is 60.0 Å². The van der Waals surface area contributed by atoms with Gasteiger partial charge in [0.15, 0.2) is 0 Å². The molecule has 1 aliphatic rings. The quantitative estimate of drug-likeness (QED) is 0.746. The van der Waals surface area contributed by atoms with Gasteiger partial charge in [-0.05, 0) is 25.5 Å². The lowest BCUT2D eigenvalue weighted by atomic mass is 10.2. The molecular formula is C14H24N4O2. The van der Waals surface area contributed by atoms with Crippen LogP contribution in [0.25, 0.3) is 0 Å². The van der Waals surface area contributed by atoms with Crippen molar-refractivity contribution >= 4 is 5.91 Å². The topological polar surface area (TPSA) is 59.4 Å². The van der Waals surface area contributed by atoms with Crippen LogP contribution in [0.1, 0.15) is 25.8 Å². The summed E-state index contributed by atoms with van der Waals surface area (Å²) < 4.78 is 7.03. The largest absolute Gasteiger partial charge is 0.379 e. The molecule has 1 saturated heterocycles. The van der Waals surface area contributed by atoms with Gasteiger partial charge in [0.25, 0.3) is 0 Å². The molecule has 0 aliphatic carbocycles. The molecule has 1 amide bonds. The number of morpholine rings is 1. The first kappa shape index (κ1) is 15.0. The molecule has 20 heavy (non-hydrogen) atoms. The van der Waals surface area contributed by atoms with Gasteiger partial charge in [0, 0.05) is 32.0 Å². The van der Waals surface area contributed by atoms with Crippen LogP contribution in [0, 0.1) is 0 Å². The van der Waals surface area contributed by atoms with E-state index in [9.17, 15) is 4.79 Å². The minimum Gasteiger partial charge on any atom is -0.379 e. The summed E-state index contributed by atoms with van der Waals surface area (Å²) in [6.45, 7) is 7.38. The molecule has 1 aliphatic heterocycles. The Kier molecular flexibility index (Phi) is 6.01. The molecule has 0 spiro atoms. The van der Waals surface area contributed by atoms with Crippen molar-refractivity contribution in [3.63, 3.8) is 0 Å². The van der Waals surface area contributed by atoms with Crippen molar-refractivity contribution in [3.8, 4) is 0 Å². The maximum atomic E-state index is 12.1. The van der Waals surface area contributed by atoms with E-state index in [1.807, 2.05) is 19.2 Å². The third kappa shape index (κ3) is 4.31. The van der Waals surface area contributed by atoms with Gasteiger partial charge in [-0.2, -0.15) is 5.10 Å². The van der Waals surface area contributed by atoms with Crippen LogP contribution >= 0.6 is 0 Å². The molecule has 112 valence electrons. The molecule has 6 nitrogen and oxygen atoms in total. The Morgan fingerprint density at radius 2 is 2.25 bits per heavy atom. The van der Waals surface area contributed by atoms with Crippen LogP contribution < -0.4 is 5.32 Å². The fourth-order valence-corrected chi connectivity index (χ4v) is 2.41. The fraction of sp³-hybridized carbons (Fsp3) is 0.714. The number of hydrogen-bond acceptors (Lipinski definition) is 4. The van der Waals surface area contributed by atoms with E-state index in [2.05, 4.69) is 15.3 Å². The summed E-state index contributed by atoms with van der Waals surface area (Å²) in [7, 11) is 0. The second kappa shape index (κ2) is 8.01. The Morgan fingerprint density at radius 1 is 1.45 bits per heavy atom. The van der Waals surface area contributed by atoms with Gasteiger partial charge in [0.05, 0.1) is 13.2 Å². The van der Waals surface area contributed by atoms with Crippen molar-refractivity contribution in [3.05, 3.63) is 18.5 Å². The van der Waals surface area contributed by atoms with Gasteiger partial charge in [-0.15, -0.1) is 0 Å². The number of carbonyl (C=O) groups excluding carboxylic acids is 1. The average Bonchev–Trinajstić information content (AvgIpc) is 2.99. The van der Waals surface area contributed by atoms with Gasteiger partial charge in [-0.25, -0.2) is 0 Å². The van der Waals surface area contributed by atoms with Crippen molar-refractivity contribution < 1.29 is 9.53 Å². The van der Waals surface area contributed by atoms with E-state index in [0.717, 1.165) is 45.7 Å². The smallest absolute Gasteiger partial charge is 0.244 e. The van der Waals surface area contributed by atoms with E-state index in [0.29, 0.717) is 6.54 Å². The molecule has 1 atom stereocenters. The van der Waals surface area contributed by atoms with Crippen LogP contribution in [0.3, 0.4) is 0 Å². The zero-order valence-electron chi connectivity index (χ0n) is 12.1. The lowest BCUT2D eigenvalue weighted by molar-refractivity contribution is -0.124. The molecule has 6 heteroatoms. The molecule has 1 aromatic heterocycles. The maximum absolute atomic E-state index is 12.1. The average molecular weight is 280 g/mol. The van der Waals surface area contributed by atoms with Gasteiger partial charge < -0.3 is 10.1 Å². The molecule has 0 radical (unpaired) electrons. The molecule has 1 fully saturated rings. The Morgan fingerprint density at radius 3 is 2.90 bits per heavy atom. The molecular weight excluding hydrogens is 256 g/mol. The second-order valence-corrected chi connectivity index (χ2v) is 5.01. The predicted molar refractivity (Wildman–Crippen MR) is 76.4 cm³/mol. The predicted octanol–water partition coefficient (Wildman–Crippen LogP) is 0.673. The van der Waals surface area contributed by atoms with Gasteiger partial charge in [0.1, 0.15) is 6.04 Å². The molecule has 0 unspecified atom stereocenters. The normalized spacial score (nSPS) is 17.9. The van der Waals surface area contributed by atoms with E-state index >= 15 is 0 Å². The first-order valence-electron chi connectivity index (χ1n) is 7.38. The van der Waals surface area contributed by atoms with Crippen LogP contribution in [0.15, 0.2) is 18.5 Å². The lowest BCUT2D eigenvalue weighted by Gasteiger charge is -2.26. The number of hydrogen-bond donors (Lipinski definition) is 1.